The Kier molecular flexibility index (Phi) is 5.37. The number of allylic oxidation sites excluding steroid dienone is 3. The first-order valence-corrected chi connectivity index (χ1v) is 10.1. The Morgan fingerprint density at radius 3 is 2.58 bits per heavy atom. The topological polar surface area (TPSA) is 75.5 Å². The summed E-state index contributed by atoms with van der Waals surface area (Å²) >= 11 is 0. The molecule has 0 saturated heterocycles. The Morgan fingerprint density at radius 2 is 1.84 bits per heavy atom. The molecule has 0 bridgehead atoms. The molecule has 31 heavy (non-hydrogen) atoms. The van der Waals surface area contributed by atoms with Gasteiger partial charge < -0.3 is 4.74 Å². The number of imidazole rings is 2. The molecule has 0 aliphatic rings. The Morgan fingerprint density at radius 1 is 1.10 bits per heavy atom. The smallest absolute Gasteiger partial charge is 0.332 e. The zero-order chi connectivity index (χ0) is 22.1. The van der Waals surface area contributed by atoms with E-state index in [9.17, 15) is 9.59 Å². The van der Waals surface area contributed by atoms with Gasteiger partial charge in [-0.15, -0.1) is 0 Å². The fourth-order valence-corrected chi connectivity index (χ4v) is 3.68. The summed E-state index contributed by atoms with van der Waals surface area (Å²) in [5.41, 5.74) is 1.67. The van der Waals surface area contributed by atoms with Crippen LogP contribution >= 0.6 is 0 Å². The molecule has 1 aromatic carbocycles. The van der Waals surface area contributed by atoms with Crippen LogP contribution in [0.5, 0.6) is 5.75 Å². The Hall–Kier alpha value is -3.81. The molecule has 0 fully saturated rings. The van der Waals surface area contributed by atoms with Crippen LogP contribution in [0.1, 0.15) is 19.5 Å². The molecule has 3 heterocycles. The highest BCUT2D eigenvalue weighted by molar-refractivity contribution is 5.76. The first kappa shape index (κ1) is 20.5. The lowest BCUT2D eigenvalue weighted by atomic mass is 10.3. The van der Waals surface area contributed by atoms with E-state index in [0.29, 0.717) is 29.3 Å². The largest absolute Gasteiger partial charge is 0.487 e. The number of benzene rings is 1. The van der Waals surface area contributed by atoms with Crippen LogP contribution in [0.15, 0.2) is 64.4 Å². The number of aromatic nitrogens is 5. The maximum Gasteiger partial charge on any atom is 0.332 e. The molecule has 160 valence electrons. The fraction of sp³-hybridized carbons (Fsp3) is 0.261. The summed E-state index contributed by atoms with van der Waals surface area (Å²) in [6.07, 6.45) is 9.32. The SMILES string of the molecule is C/C=C/COc1ccccc1-n1c(C)cn2c3c(=O)n(C/C=C/C)c(=O)n(C)c3nc12. The van der Waals surface area contributed by atoms with E-state index in [4.69, 9.17) is 4.74 Å². The van der Waals surface area contributed by atoms with Gasteiger partial charge in [0.15, 0.2) is 11.2 Å². The van der Waals surface area contributed by atoms with Gasteiger partial charge >= 0.3 is 5.69 Å². The molecule has 8 nitrogen and oxygen atoms in total. The summed E-state index contributed by atoms with van der Waals surface area (Å²) in [5, 5.41) is 0. The summed E-state index contributed by atoms with van der Waals surface area (Å²) in [5.74, 6) is 1.25. The van der Waals surface area contributed by atoms with Crippen LogP contribution in [0.3, 0.4) is 0 Å². The lowest BCUT2D eigenvalue weighted by Crippen LogP contribution is -2.39. The number of nitrogens with zero attached hydrogens (tertiary/aromatic N) is 5. The van der Waals surface area contributed by atoms with Crippen LogP contribution < -0.4 is 16.0 Å². The Balaban J connectivity index is 2.01. The van der Waals surface area contributed by atoms with Gasteiger partial charge in [0.25, 0.3) is 5.56 Å². The van der Waals surface area contributed by atoms with Crippen LogP contribution in [0.25, 0.3) is 22.6 Å². The van der Waals surface area contributed by atoms with Crippen LogP contribution in [0.4, 0.5) is 0 Å². The maximum atomic E-state index is 13.2. The van der Waals surface area contributed by atoms with Crippen LogP contribution in [-0.2, 0) is 13.6 Å². The van der Waals surface area contributed by atoms with Crippen LogP contribution in [0, 0.1) is 6.92 Å². The molecule has 0 aliphatic carbocycles. The predicted molar refractivity (Wildman–Crippen MR) is 121 cm³/mol. The number of aryl methyl sites for hydroxylation is 2. The molecule has 8 heteroatoms. The lowest BCUT2D eigenvalue weighted by molar-refractivity contribution is 0.361. The first-order chi connectivity index (χ1) is 15.0. The third-order valence-corrected chi connectivity index (χ3v) is 5.23. The lowest BCUT2D eigenvalue weighted by Gasteiger charge is -2.12. The summed E-state index contributed by atoms with van der Waals surface area (Å²) in [4.78, 5) is 30.6. The molecule has 0 radical (unpaired) electrons. The molecule has 0 amide bonds. The molecule has 0 unspecified atom stereocenters. The van der Waals surface area contributed by atoms with Crippen LogP contribution in [-0.4, -0.2) is 29.7 Å². The third-order valence-electron chi connectivity index (χ3n) is 5.23. The van der Waals surface area contributed by atoms with Crippen molar-refractivity contribution >= 4 is 16.9 Å². The van der Waals surface area contributed by atoms with E-state index in [-0.39, 0.29) is 12.1 Å². The number of hydrogen-bond acceptors (Lipinski definition) is 4. The molecule has 0 spiro atoms. The predicted octanol–water partition coefficient (Wildman–Crippen LogP) is 2.98. The Bertz CT molecular complexity index is 1450. The first-order valence-electron chi connectivity index (χ1n) is 10.1. The van der Waals surface area contributed by atoms with E-state index in [1.165, 1.54) is 9.13 Å². The minimum absolute atomic E-state index is 0.215. The molecule has 4 rings (SSSR count). The summed E-state index contributed by atoms with van der Waals surface area (Å²) < 4.78 is 12.3. The number of fused-ring (bicyclic) bond motifs is 3. The van der Waals surface area contributed by atoms with E-state index < -0.39 is 5.69 Å². The van der Waals surface area contributed by atoms with Gasteiger partial charge in [-0.2, -0.15) is 4.98 Å². The minimum atomic E-state index is -0.394. The van der Waals surface area contributed by atoms with Gasteiger partial charge in [0.05, 0.1) is 5.69 Å². The maximum absolute atomic E-state index is 13.2. The average molecular weight is 419 g/mol. The van der Waals surface area contributed by atoms with E-state index in [2.05, 4.69) is 4.98 Å². The highest BCUT2D eigenvalue weighted by Crippen LogP contribution is 2.28. The number of para-hydroxylation sites is 2. The Labute approximate surface area is 178 Å². The number of rotatable bonds is 6. The van der Waals surface area contributed by atoms with Gasteiger partial charge in [-0.25, -0.2) is 4.79 Å². The summed E-state index contributed by atoms with van der Waals surface area (Å²) in [7, 11) is 1.63. The fourth-order valence-electron chi connectivity index (χ4n) is 3.68. The van der Waals surface area contributed by atoms with Gasteiger partial charge in [-0.3, -0.25) is 22.9 Å². The van der Waals surface area contributed by atoms with Crippen molar-refractivity contribution in [2.24, 2.45) is 7.05 Å². The van der Waals surface area contributed by atoms with E-state index in [1.807, 2.05) is 74.0 Å². The van der Waals surface area contributed by atoms with Crippen molar-refractivity contribution in [1.29, 1.82) is 0 Å². The number of ether oxygens (including phenoxy) is 1. The second-order valence-electron chi connectivity index (χ2n) is 7.23. The van der Waals surface area contributed by atoms with Crippen molar-refractivity contribution in [1.82, 2.24) is 23.1 Å². The van der Waals surface area contributed by atoms with Crippen molar-refractivity contribution in [2.75, 3.05) is 6.61 Å². The molecular formula is C23H25N5O3. The van der Waals surface area contributed by atoms with Crippen molar-refractivity contribution in [3.8, 4) is 11.4 Å². The highest BCUT2D eigenvalue weighted by Gasteiger charge is 2.21. The normalized spacial score (nSPS) is 12.1. The average Bonchev–Trinajstić information content (AvgIpc) is 3.27. The molecule has 0 atom stereocenters. The second-order valence-corrected chi connectivity index (χ2v) is 7.23. The zero-order valence-corrected chi connectivity index (χ0v) is 18.1. The van der Waals surface area contributed by atoms with Crippen molar-refractivity contribution in [3.63, 3.8) is 0 Å². The molecular weight excluding hydrogens is 394 g/mol. The minimum Gasteiger partial charge on any atom is -0.487 e. The van der Waals surface area contributed by atoms with E-state index >= 15 is 0 Å². The summed E-state index contributed by atoms with van der Waals surface area (Å²) in [6.45, 7) is 6.41. The van der Waals surface area contributed by atoms with Crippen LogP contribution in [0.2, 0.25) is 0 Å². The van der Waals surface area contributed by atoms with Gasteiger partial charge in [-0.1, -0.05) is 36.4 Å². The highest BCUT2D eigenvalue weighted by atomic mass is 16.5. The van der Waals surface area contributed by atoms with Crippen molar-refractivity contribution < 1.29 is 4.74 Å². The molecule has 0 N–H and O–H groups in total. The molecule has 4 aromatic rings. The van der Waals surface area contributed by atoms with E-state index in [0.717, 1.165) is 11.4 Å². The molecule has 0 saturated carbocycles. The zero-order valence-electron chi connectivity index (χ0n) is 18.1. The molecule has 3 aromatic heterocycles. The van der Waals surface area contributed by atoms with Gasteiger partial charge in [-0.05, 0) is 32.9 Å². The van der Waals surface area contributed by atoms with Crippen molar-refractivity contribution in [2.45, 2.75) is 27.3 Å². The van der Waals surface area contributed by atoms with E-state index in [1.54, 1.807) is 17.5 Å². The van der Waals surface area contributed by atoms with Gasteiger partial charge in [0.1, 0.15) is 12.4 Å². The molecule has 0 aliphatic heterocycles. The quantitative estimate of drug-likeness (QED) is 0.450. The summed E-state index contributed by atoms with van der Waals surface area (Å²) in [6, 6.07) is 7.68. The monoisotopic (exact) mass is 419 g/mol. The standard InChI is InChI=1S/C23H25N5O3/c1-5-7-13-26-21(29)19-20(25(4)23(26)30)24-22-27(19)15-16(3)28(22)17-11-9-10-12-18(17)31-14-8-6-2/h5-12,15H,13-14H2,1-4H3/b7-5+,8-6+. The van der Waals surface area contributed by atoms with Crippen molar-refractivity contribution in [3.05, 3.63) is 81.3 Å². The number of hydrogen-bond donors (Lipinski definition) is 0. The second kappa shape index (κ2) is 8.14. The third kappa shape index (κ3) is 3.30. The van der Waals surface area contributed by atoms with Gasteiger partial charge in [0.2, 0.25) is 5.78 Å². The van der Waals surface area contributed by atoms with Gasteiger partial charge in [0, 0.05) is 25.5 Å².